The van der Waals surface area contributed by atoms with Crippen LogP contribution < -0.4 is 0 Å². The van der Waals surface area contributed by atoms with Crippen molar-refractivity contribution in [2.45, 2.75) is 96.3 Å². The van der Waals surface area contributed by atoms with Crippen molar-refractivity contribution in [3.05, 3.63) is 18.0 Å². The zero-order chi connectivity index (χ0) is 24.1. The van der Waals surface area contributed by atoms with Crippen molar-refractivity contribution in [3.63, 3.8) is 0 Å². The molecule has 4 fully saturated rings. The molecule has 0 aromatic carbocycles. The fourth-order valence-corrected chi connectivity index (χ4v) is 9.35. The van der Waals surface area contributed by atoms with Gasteiger partial charge in [-0.25, -0.2) is 0 Å². The number of nitrogens with zero attached hydrogens (tertiary/aromatic N) is 3. The number of aromatic nitrogens is 2. The van der Waals surface area contributed by atoms with E-state index in [1.165, 1.54) is 32.1 Å². The number of aliphatic hydroxyl groups is 2. The molecule has 0 bridgehead atoms. The molecule has 4 aliphatic carbocycles. The Morgan fingerprint density at radius 3 is 2.71 bits per heavy atom. The van der Waals surface area contributed by atoms with Gasteiger partial charge in [-0.15, -0.1) is 0 Å². The Labute approximate surface area is 204 Å². The summed E-state index contributed by atoms with van der Waals surface area (Å²) >= 11 is 0. The van der Waals surface area contributed by atoms with Gasteiger partial charge in [-0.05, 0) is 113 Å². The summed E-state index contributed by atoms with van der Waals surface area (Å²) in [5.74, 6) is 3.86. The molecule has 0 radical (unpaired) electrons. The number of hydrogen-bond acceptors (Lipinski definition) is 5. The van der Waals surface area contributed by atoms with E-state index < -0.39 is 11.2 Å². The van der Waals surface area contributed by atoms with Gasteiger partial charge in [0.05, 0.1) is 36.1 Å². The highest BCUT2D eigenvalue weighted by molar-refractivity contribution is 5.21. The van der Waals surface area contributed by atoms with Crippen LogP contribution in [0.3, 0.4) is 0 Å². The van der Waals surface area contributed by atoms with Gasteiger partial charge in [-0.2, -0.15) is 10.4 Å². The zero-order valence-corrected chi connectivity index (χ0v) is 21.2. The smallest absolute Gasteiger partial charge is 0.102 e. The topological polar surface area (TPSA) is 91.3 Å². The molecule has 1 heterocycles. The van der Waals surface area contributed by atoms with Gasteiger partial charge in [0.25, 0.3) is 0 Å². The average molecular weight is 470 g/mol. The normalized spacial score (nSPS) is 43.3. The highest BCUT2D eigenvalue weighted by Gasteiger charge is 2.60. The maximum absolute atomic E-state index is 11.7. The Balaban J connectivity index is 1.29. The van der Waals surface area contributed by atoms with E-state index in [1.807, 2.05) is 13.8 Å². The first-order valence-electron chi connectivity index (χ1n) is 13.6. The molecule has 6 heteroatoms. The lowest BCUT2D eigenvalue weighted by atomic mass is 9.48. The van der Waals surface area contributed by atoms with Gasteiger partial charge < -0.3 is 14.9 Å². The molecule has 4 saturated carbocycles. The van der Waals surface area contributed by atoms with Crippen LogP contribution in [-0.4, -0.2) is 44.4 Å². The number of ether oxygens (including phenoxy) is 1. The van der Waals surface area contributed by atoms with Crippen LogP contribution in [0.15, 0.2) is 12.4 Å². The third-order valence-electron chi connectivity index (χ3n) is 10.7. The molecule has 6 nitrogen and oxygen atoms in total. The number of fused-ring (bicyclic) bond motifs is 5. The van der Waals surface area contributed by atoms with E-state index in [2.05, 4.69) is 18.1 Å². The van der Waals surface area contributed by atoms with Crippen LogP contribution in [0.25, 0.3) is 0 Å². The summed E-state index contributed by atoms with van der Waals surface area (Å²) in [6, 6.07) is 2.14. The van der Waals surface area contributed by atoms with Crippen molar-refractivity contribution in [2.24, 2.45) is 40.9 Å². The second kappa shape index (κ2) is 8.91. The summed E-state index contributed by atoms with van der Waals surface area (Å²) < 4.78 is 7.38. The lowest BCUT2D eigenvalue weighted by Crippen LogP contribution is -2.54. The largest absolute Gasteiger partial charge is 0.388 e. The number of rotatable bonds is 6. The minimum Gasteiger partial charge on any atom is -0.388 e. The van der Waals surface area contributed by atoms with Gasteiger partial charge in [-0.1, -0.05) is 6.92 Å². The number of nitriles is 1. The fourth-order valence-electron chi connectivity index (χ4n) is 9.35. The van der Waals surface area contributed by atoms with Crippen molar-refractivity contribution in [1.29, 1.82) is 5.26 Å². The molecule has 0 spiro atoms. The summed E-state index contributed by atoms with van der Waals surface area (Å²) in [6.07, 6.45) is 13.5. The van der Waals surface area contributed by atoms with Gasteiger partial charge in [0, 0.05) is 12.8 Å². The van der Waals surface area contributed by atoms with Crippen LogP contribution in [0, 0.1) is 52.3 Å². The summed E-state index contributed by atoms with van der Waals surface area (Å²) in [4.78, 5) is 0. The van der Waals surface area contributed by atoms with Crippen LogP contribution in [0.4, 0.5) is 0 Å². The third-order valence-corrected chi connectivity index (χ3v) is 10.7. The molecule has 9 atom stereocenters. The van der Waals surface area contributed by atoms with Crippen molar-refractivity contribution >= 4 is 0 Å². The quantitative estimate of drug-likeness (QED) is 0.638. The minimum absolute atomic E-state index is 0.160. The van der Waals surface area contributed by atoms with Gasteiger partial charge in [0.15, 0.2) is 0 Å². The van der Waals surface area contributed by atoms with Crippen LogP contribution in [0.1, 0.15) is 84.1 Å². The highest BCUT2D eigenvalue weighted by atomic mass is 16.5. The fraction of sp³-hybridized carbons (Fsp3) is 0.857. The van der Waals surface area contributed by atoms with Crippen LogP contribution in [0.2, 0.25) is 0 Å². The lowest BCUT2D eigenvalue weighted by Gasteiger charge is -2.58. The highest BCUT2D eigenvalue weighted by Crippen LogP contribution is 2.66. The molecule has 1 aromatic heterocycles. The molecule has 0 unspecified atom stereocenters. The molecule has 188 valence electrons. The molecule has 2 N–H and O–H groups in total. The average Bonchev–Trinajstić information content (AvgIpc) is 3.40. The molecule has 0 saturated heterocycles. The van der Waals surface area contributed by atoms with Crippen molar-refractivity contribution in [3.8, 4) is 6.07 Å². The SMILES string of the molecule is CCOC[C@@]1(O)CC[C@H]2[C@H](CC[C@@H]3[C@@H]2CC[C@@]2(C)[C@H]3CC[C@@H]2[C@](C)(O)Cn2cc(C#N)cn2)C1. The van der Waals surface area contributed by atoms with Crippen molar-refractivity contribution in [2.75, 3.05) is 13.2 Å². The summed E-state index contributed by atoms with van der Waals surface area (Å²) in [6.45, 7) is 8.06. The predicted molar refractivity (Wildman–Crippen MR) is 130 cm³/mol. The maximum atomic E-state index is 11.7. The predicted octanol–water partition coefficient (Wildman–Crippen LogP) is 4.54. The van der Waals surface area contributed by atoms with Crippen molar-refractivity contribution < 1.29 is 14.9 Å². The van der Waals surface area contributed by atoms with E-state index >= 15 is 0 Å². The van der Waals surface area contributed by atoms with Crippen molar-refractivity contribution in [1.82, 2.24) is 9.78 Å². The summed E-state index contributed by atoms with van der Waals surface area (Å²) in [5, 5.41) is 36.2. The Bertz CT molecular complexity index is 922. The van der Waals surface area contributed by atoms with E-state index in [9.17, 15) is 10.2 Å². The first kappa shape index (κ1) is 24.3. The third kappa shape index (κ3) is 4.12. The molecule has 0 amide bonds. The Morgan fingerprint density at radius 2 is 1.97 bits per heavy atom. The molecule has 34 heavy (non-hydrogen) atoms. The molecular weight excluding hydrogens is 426 g/mol. The second-order valence-electron chi connectivity index (χ2n) is 12.6. The molecule has 0 aliphatic heterocycles. The van der Waals surface area contributed by atoms with Crippen LogP contribution in [-0.2, 0) is 11.3 Å². The Hall–Kier alpha value is -1.42. The van der Waals surface area contributed by atoms with Crippen LogP contribution >= 0.6 is 0 Å². The van der Waals surface area contributed by atoms with Crippen LogP contribution in [0.5, 0.6) is 0 Å². The monoisotopic (exact) mass is 469 g/mol. The van der Waals surface area contributed by atoms with E-state index in [4.69, 9.17) is 10.00 Å². The second-order valence-corrected chi connectivity index (χ2v) is 12.6. The summed E-state index contributed by atoms with van der Waals surface area (Å²) in [5.41, 5.74) is -0.758. The summed E-state index contributed by atoms with van der Waals surface area (Å²) in [7, 11) is 0. The maximum Gasteiger partial charge on any atom is 0.102 e. The van der Waals surface area contributed by atoms with E-state index in [0.717, 1.165) is 43.4 Å². The number of hydrogen-bond donors (Lipinski definition) is 2. The molecule has 1 aromatic rings. The Kier molecular flexibility index (Phi) is 6.36. The minimum atomic E-state index is -0.840. The van der Waals surface area contributed by atoms with E-state index in [0.29, 0.717) is 37.2 Å². The lowest BCUT2D eigenvalue weighted by molar-refractivity contribution is -0.140. The van der Waals surface area contributed by atoms with E-state index in [-0.39, 0.29) is 11.3 Å². The molecule has 4 aliphatic rings. The first-order valence-corrected chi connectivity index (χ1v) is 13.6. The standard InChI is InChI=1S/C28H43N3O3/c1-4-34-18-28(33)12-10-21-20(13-28)5-6-23-22(21)9-11-26(2)24(23)7-8-25(26)27(3,32)17-31-16-19(14-29)15-30-31/h15-16,20-25,32-33H,4-13,17-18H2,1-3H3/t20-,21+,22-,23-,24+,25+,26+,27-,28-/m1/s1. The molecular formula is C28H43N3O3. The van der Waals surface area contributed by atoms with Gasteiger partial charge in [0.1, 0.15) is 6.07 Å². The molecule has 5 rings (SSSR count). The van der Waals surface area contributed by atoms with Gasteiger partial charge >= 0.3 is 0 Å². The van der Waals surface area contributed by atoms with E-state index in [1.54, 1.807) is 17.1 Å². The zero-order valence-electron chi connectivity index (χ0n) is 21.2. The first-order chi connectivity index (χ1) is 16.2. The Morgan fingerprint density at radius 1 is 1.18 bits per heavy atom. The van der Waals surface area contributed by atoms with Gasteiger partial charge in [0.2, 0.25) is 0 Å². The van der Waals surface area contributed by atoms with Gasteiger partial charge in [-0.3, -0.25) is 4.68 Å².